The minimum Gasteiger partial charge on any atom is -0.485 e. The summed E-state index contributed by atoms with van der Waals surface area (Å²) in [5.74, 6) is 2.66. The lowest BCUT2D eigenvalue weighted by molar-refractivity contribution is -0.115. The molecule has 2 heterocycles. The molecule has 0 aliphatic carbocycles. The van der Waals surface area contributed by atoms with Crippen LogP contribution in [0.2, 0.25) is 0 Å². The molecule has 1 unspecified atom stereocenters. The predicted octanol–water partition coefficient (Wildman–Crippen LogP) is 3.55. The Morgan fingerprint density at radius 2 is 2.03 bits per heavy atom. The Hall–Kier alpha value is -3.20. The van der Waals surface area contributed by atoms with Gasteiger partial charge < -0.3 is 24.1 Å². The third-order valence-electron chi connectivity index (χ3n) is 4.67. The third-order valence-corrected chi connectivity index (χ3v) is 5.80. The van der Waals surface area contributed by atoms with E-state index in [1.807, 2.05) is 49.7 Å². The van der Waals surface area contributed by atoms with E-state index in [1.54, 1.807) is 18.2 Å². The summed E-state index contributed by atoms with van der Waals surface area (Å²) in [5, 5.41) is 11.6. The molecule has 1 amide bonds. The zero-order chi connectivity index (χ0) is 21.1. The van der Waals surface area contributed by atoms with E-state index in [1.165, 1.54) is 11.8 Å². The molecule has 3 aromatic rings. The van der Waals surface area contributed by atoms with Gasteiger partial charge in [-0.05, 0) is 37.6 Å². The summed E-state index contributed by atoms with van der Waals surface area (Å²) in [6.45, 7) is 4.31. The number of aromatic nitrogens is 3. The van der Waals surface area contributed by atoms with Crippen LogP contribution >= 0.6 is 11.8 Å². The molecule has 1 atom stereocenters. The van der Waals surface area contributed by atoms with Gasteiger partial charge in [0.05, 0.1) is 5.25 Å². The van der Waals surface area contributed by atoms with Crippen LogP contribution in [0.3, 0.4) is 0 Å². The first-order chi connectivity index (χ1) is 14.5. The Balaban J connectivity index is 1.35. The molecular formula is C21H22N4O4S. The summed E-state index contributed by atoms with van der Waals surface area (Å²) in [6.07, 6.45) is 0. The molecule has 0 saturated carbocycles. The summed E-state index contributed by atoms with van der Waals surface area (Å²) in [7, 11) is 1.86. The number of aryl methyl sites for hydroxylation is 1. The Morgan fingerprint density at radius 1 is 1.23 bits per heavy atom. The summed E-state index contributed by atoms with van der Waals surface area (Å²) < 4.78 is 18.3. The molecule has 1 aliphatic heterocycles. The summed E-state index contributed by atoms with van der Waals surface area (Å²) in [5.41, 5.74) is 1.71. The van der Waals surface area contributed by atoms with Gasteiger partial charge in [-0.15, -0.1) is 10.2 Å². The first-order valence-corrected chi connectivity index (χ1v) is 10.3. The fourth-order valence-corrected chi connectivity index (χ4v) is 3.70. The number of anilines is 1. The number of hydrogen-bond donors (Lipinski definition) is 1. The average molecular weight is 426 g/mol. The van der Waals surface area contributed by atoms with Crippen molar-refractivity contribution in [1.29, 1.82) is 0 Å². The molecule has 4 rings (SSSR count). The minimum absolute atomic E-state index is 0.139. The number of thioether (sulfide) groups is 1. The number of ether oxygens (including phenoxy) is 3. The highest BCUT2D eigenvalue weighted by atomic mass is 32.2. The lowest BCUT2D eigenvalue weighted by atomic mass is 10.2. The highest BCUT2D eigenvalue weighted by molar-refractivity contribution is 8.00. The van der Waals surface area contributed by atoms with Gasteiger partial charge in [-0.25, -0.2) is 0 Å². The zero-order valence-corrected chi connectivity index (χ0v) is 17.7. The van der Waals surface area contributed by atoms with Crippen LogP contribution in [0.1, 0.15) is 18.3 Å². The first kappa shape index (κ1) is 20.1. The number of nitrogens with zero attached hydrogens (tertiary/aromatic N) is 3. The van der Waals surface area contributed by atoms with Crippen molar-refractivity contribution in [2.45, 2.75) is 30.9 Å². The summed E-state index contributed by atoms with van der Waals surface area (Å²) in [6, 6.07) is 13.1. The van der Waals surface area contributed by atoms with Crippen molar-refractivity contribution in [3.8, 4) is 17.2 Å². The largest absolute Gasteiger partial charge is 0.485 e. The monoisotopic (exact) mass is 426 g/mol. The predicted molar refractivity (Wildman–Crippen MR) is 113 cm³/mol. The molecule has 0 radical (unpaired) electrons. The van der Waals surface area contributed by atoms with Crippen molar-refractivity contribution >= 4 is 23.4 Å². The van der Waals surface area contributed by atoms with E-state index in [9.17, 15) is 4.79 Å². The van der Waals surface area contributed by atoms with Gasteiger partial charge in [0.25, 0.3) is 0 Å². The van der Waals surface area contributed by atoms with Gasteiger partial charge in [-0.3, -0.25) is 4.79 Å². The highest BCUT2D eigenvalue weighted by Crippen LogP contribution is 2.34. The quantitative estimate of drug-likeness (QED) is 0.578. The number of para-hydroxylation sites is 1. The van der Waals surface area contributed by atoms with Crippen molar-refractivity contribution in [2.24, 2.45) is 7.05 Å². The van der Waals surface area contributed by atoms with Crippen molar-refractivity contribution < 1.29 is 19.0 Å². The van der Waals surface area contributed by atoms with Crippen molar-refractivity contribution in [2.75, 3.05) is 12.1 Å². The number of rotatable bonds is 7. The van der Waals surface area contributed by atoms with E-state index in [0.717, 1.165) is 11.3 Å². The maximum Gasteiger partial charge on any atom is 0.237 e. The first-order valence-electron chi connectivity index (χ1n) is 9.45. The van der Waals surface area contributed by atoms with Crippen molar-refractivity contribution in [3.05, 3.63) is 53.9 Å². The third kappa shape index (κ3) is 4.35. The Bertz CT molecular complexity index is 1070. The van der Waals surface area contributed by atoms with Gasteiger partial charge in [0.2, 0.25) is 12.7 Å². The number of carbonyl (C=O) groups is 1. The standard InChI is InChI=1S/C21H22N4O4S/c1-13-6-4-5-7-16(13)27-11-19-23-24-21(25(19)3)30-14(2)20(26)22-15-8-9-17-18(10-15)29-12-28-17/h4-10,14H,11-12H2,1-3H3,(H,22,26). The van der Waals surface area contributed by atoms with Crippen LogP contribution in [0, 0.1) is 6.92 Å². The van der Waals surface area contributed by atoms with E-state index in [4.69, 9.17) is 14.2 Å². The van der Waals surface area contributed by atoms with E-state index >= 15 is 0 Å². The van der Waals surface area contributed by atoms with Crippen molar-refractivity contribution in [3.63, 3.8) is 0 Å². The number of carbonyl (C=O) groups excluding carboxylic acids is 1. The van der Waals surface area contributed by atoms with Gasteiger partial charge in [0.15, 0.2) is 22.5 Å². The van der Waals surface area contributed by atoms with E-state index in [-0.39, 0.29) is 18.0 Å². The van der Waals surface area contributed by atoms with Gasteiger partial charge in [-0.1, -0.05) is 30.0 Å². The SMILES string of the molecule is Cc1ccccc1OCc1nnc(SC(C)C(=O)Nc2ccc3c(c2)OCO3)n1C. The number of hydrogen-bond acceptors (Lipinski definition) is 7. The molecule has 1 aliphatic rings. The lowest BCUT2D eigenvalue weighted by Gasteiger charge is -2.12. The second-order valence-electron chi connectivity index (χ2n) is 6.83. The number of amides is 1. The number of fused-ring (bicyclic) bond motifs is 1. The lowest BCUT2D eigenvalue weighted by Crippen LogP contribution is -2.22. The Labute approximate surface area is 178 Å². The van der Waals surface area contributed by atoms with Gasteiger partial charge in [0.1, 0.15) is 12.4 Å². The fraction of sp³-hybridized carbons (Fsp3) is 0.286. The summed E-state index contributed by atoms with van der Waals surface area (Å²) in [4.78, 5) is 12.6. The summed E-state index contributed by atoms with van der Waals surface area (Å²) >= 11 is 1.33. The average Bonchev–Trinajstić information content (AvgIpc) is 3.34. The molecule has 9 heteroatoms. The minimum atomic E-state index is -0.372. The van der Waals surface area contributed by atoms with Crippen LogP contribution in [0.4, 0.5) is 5.69 Å². The van der Waals surface area contributed by atoms with E-state index < -0.39 is 0 Å². The molecule has 30 heavy (non-hydrogen) atoms. The number of benzene rings is 2. The molecule has 0 fully saturated rings. The highest BCUT2D eigenvalue weighted by Gasteiger charge is 2.20. The van der Waals surface area contributed by atoms with Gasteiger partial charge >= 0.3 is 0 Å². The molecular weight excluding hydrogens is 404 g/mol. The van der Waals surface area contributed by atoms with Gasteiger partial charge in [-0.2, -0.15) is 0 Å². The molecule has 1 N–H and O–H groups in total. The van der Waals surface area contributed by atoms with E-state index in [2.05, 4.69) is 15.5 Å². The van der Waals surface area contributed by atoms with Crippen LogP contribution in [0.25, 0.3) is 0 Å². The second kappa shape index (κ2) is 8.66. The van der Waals surface area contributed by atoms with E-state index in [0.29, 0.717) is 34.8 Å². The Kier molecular flexibility index (Phi) is 5.80. The molecule has 1 aromatic heterocycles. The number of nitrogens with one attached hydrogen (secondary N) is 1. The van der Waals surface area contributed by atoms with Crippen LogP contribution in [0.5, 0.6) is 17.2 Å². The molecule has 156 valence electrons. The molecule has 0 bridgehead atoms. The van der Waals surface area contributed by atoms with Crippen LogP contribution in [0.15, 0.2) is 47.6 Å². The second-order valence-corrected chi connectivity index (χ2v) is 8.14. The molecule has 8 nitrogen and oxygen atoms in total. The molecule has 2 aromatic carbocycles. The van der Waals surface area contributed by atoms with Crippen LogP contribution < -0.4 is 19.5 Å². The van der Waals surface area contributed by atoms with Gasteiger partial charge in [0, 0.05) is 18.8 Å². The van der Waals surface area contributed by atoms with Crippen LogP contribution in [-0.2, 0) is 18.4 Å². The molecule has 0 spiro atoms. The zero-order valence-electron chi connectivity index (χ0n) is 16.9. The van der Waals surface area contributed by atoms with Crippen molar-refractivity contribution in [1.82, 2.24) is 14.8 Å². The topological polar surface area (TPSA) is 87.5 Å². The smallest absolute Gasteiger partial charge is 0.237 e. The maximum absolute atomic E-state index is 12.6. The normalized spacial score (nSPS) is 13.2. The maximum atomic E-state index is 12.6. The molecule has 0 saturated heterocycles. The Morgan fingerprint density at radius 3 is 2.87 bits per heavy atom. The van der Waals surface area contributed by atoms with Crippen LogP contribution in [-0.4, -0.2) is 32.7 Å². The fourth-order valence-electron chi connectivity index (χ4n) is 2.86.